The highest BCUT2D eigenvalue weighted by atomic mass is 16.5. The van der Waals surface area contributed by atoms with E-state index in [1.54, 1.807) is 0 Å². The summed E-state index contributed by atoms with van der Waals surface area (Å²) >= 11 is 0. The standard InChI is InChI=1S/C10H15NO/c1-4-12-10-7-5-6-9(8-10)11(2)3/h5-8H,4H2,1-3H3. The Balaban J connectivity index is 2.81. The van der Waals surface area contributed by atoms with Gasteiger partial charge in [0, 0.05) is 25.8 Å². The molecule has 0 bridgehead atoms. The summed E-state index contributed by atoms with van der Waals surface area (Å²) in [4.78, 5) is 2.06. The summed E-state index contributed by atoms with van der Waals surface area (Å²) in [5.74, 6) is 0.934. The number of ether oxygens (including phenoxy) is 1. The lowest BCUT2D eigenvalue weighted by Crippen LogP contribution is -2.08. The largest absolute Gasteiger partial charge is 0.494 e. The topological polar surface area (TPSA) is 12.5 Å². The number of hydrogen-bond acceptors (Lipinski definition) is 2. The molecule has 0 saturated carbocycles. The Morgan fingerprint density at radius 2 is 2.08 bits per heavy atom. The maximum Gasteiger partial charge on any atom is 0.121 e. The molecular weight excluding hydrogens is 150 g/mol. The third-order valence-electron chi connectivity index (χ3n) is 1.65. The fourth-order valence-corrected chi connectivity index (χ4v) is 1.02. The van der Waals surface area contributed by atoms with Gasteiger partial charge in [0.05, 0.1) is 6.61 Å². The van der Waals surface area contributed by atoms with Crippen molar-refractivity contribution >= 4 is 5.69 Å². The predicted octanol–water partition coefficient (Wildman–Crippen LogP) is 2.15. The summed E-state index contributed by atoms with van der Waals surface area (Å²) in [5.41, 5.74) is 1.17. The van der Waals surface area contributed by atoms with Crippen LogP contribution in [0.3, 0.4) is 0 Å². The van der Waals surface area contributed by atoms with Gasteiger partial charge in [-0.25, -0.2) is 0 Å². The van der Waals surface area contributed by atoms with Crippen LogP contribution in [-0.2, 0) is 0 Å². The molecule has 66 valence electrons. The summed E-state index contributed by atoms with van der Waals surface area (Å²) in [6.45, 7) is 2.71. The van der Waals surface area contributed by atoms with E-state index in [1.165, 1.54) is 5.69 Å². The van der Waals surface area contributed by atoms with Gasteiger partial charge in [-0.3, -0.25) is 0 Å². The molecule has 0 aliphatic heterocycles. The van der Waals surface area contributed by atoms with Crippen molar-refractivity contribution in [1.82, 2.24) is 0 Å². The molecule has 0 radical (unpaired) electrons. The minimum atomic E-state index is 0.719. The zero-order valence-electron chi connectivity index (χ0n) is 7.87. The van der Waals surface area contributed by atoms with Gasteiger partial charge in [-0.15, -0.1) is 0 Å². The van der Waals surface area contributed by atoms with Crippen molar-refractivity contribution in [1.29, 1.82) is 0 Å². The van der Waals surface area contributed by atoms with Crippen LogP contribution in [0.1, 0.15) is 6.92 Å². The molecule has 0 unspecified atom stereocenters. The second-order valence-corrected chi connectivity index (χ2v) is 2.82. The summed E-state index contributed by atoms with van der Waals surface area (Å²) < 4.78 is 5.37. The van der Waals surface area contributed by atoms with Gasteiger partial charge in [0.25, 0.3) is 0 Å². The molecule has 2 nitrogen and oxygen atoms in total. The Morgan fingerprint density at radius 1 is 1.33 bits per heavy atom. The van der Waals surface area contributed by atoms with Crippen molar-refractivity contribution in [3.8, 4) is 5.75 Å². The van der Waals surface area contributed by atoms with E-state index in [4.69, 9.17) is 4.74 Å². The molecule has 0 saturated heterocycles. The summed E-state index contributed by atoms with van der Waals surface area (Å²) in [6, 6.07) is 8.06. The molecule has 0 aromatic heterocycles. The quantitative estimate of drug-likeness (QED) is 0.680. The van der Waals surface area contributed by atoms with Crippen LogP contribution in [0, 0.1) is 0 Å². The first kappa shape index (κ1) is 8.91. The van der Waals surface area contributed by atoms with Crippen LogP contribution >= 0.6 is 0 Å². The molecule has 1 aromatic rings. The van der Waals surface area contributed by atoms with Crippen LogP contribution in [0.2, 0.25) is 0 Å². The zero-order valence-corrected chi connectivity index (χ0v) is 7.87. The summed E-state index contributed by atoms with van der Waals surface area (Å²) in [7, 11) is 4.04. The van der Waals surface area contributed by atoms with E-state index in [2.05, 4.69) is 11.0 Å². The number of hydrogen-bond donors (Lipinski definition) is 0. The van der Waals surface area contributed by atoms with Gasteiger partial charge in [-0.2, -0.15) is 0 Å². The Hall–Kier alpha value is -1.18. The third-order valence-corrected chi connectivity index (χ3v) is 1.65. The number of nitrogens with zero attached hydrogens (tertiary/aromatic N) is 1. The van der Waals surface area contributed by atoms with E-state index in [-0.39, 0.29) is 0 Å². The summed E-state index contributed by atoms with van der Waals surface area (Å²) in [6.07, 6.45) is 0. The van der Waals surface area contributed by atoms with Crippen LogP contribution in [0.15, 0.2) is 24.3 Å². The van der Waals surface area contributed by atoms with E-state index in [1.807, 2.05) is 39.2 Å². The Morgan fingerprint density at radius 3 is 2.67 bits per heavy atom. The lowest BCUT2D eigenvalue weighted by molar-refractivity contribution is 0.340. The summed E-state index contributed by atoms with van der Waals surface area (Å²) in [5, 5.41) is 0. The van der Waals surface area contributed by atoms with Crippen LogP contribution in [0.5, 0.6) is 5.75 Å². The van der Waals surface area contributed by atoms with Gasteiger partial charge >= 0.3 is 0 Å². The molecule has 0 atom stereocenters. The fraction of sp³-hybridized carbons (Fsp3) is 0.400. The molecule has 0 heterocycles. The maximum absolute atomic E-state index is 5.37. The molecule has 0 aliphatic rings. The van der Waals surface area contributed by atoms with Crippen molar-refractivity contribution < 1.29 is 4.74 Å². The second kappa shape index (κ2) is 4.00. The second-order valence-electron chi connectivity index (χ2n) is 2.82. The van der Waals surface area contributed by atoms with Crippen molar-refractivity contribution in [2.24, 2.45) is 0 Å². The highest BCUT2D eigenvalue weighted by molar-refractivity contribution is 5.49. The fourth-order valence-electron chi connectivity index (χ4n) is 1.02. The first-order valence-corrected chi connectivity index (χ1v) is 4.14. The maximum atomic E-state index is 5.37. The molecule has 0 fully saturated rings. The average Bonchev–Trinajstić information content (AvgIpc) is 2.05. The lowest BCUT2D eigenvalue weighted by Gasteiger charge is -2.13. The highest BCUT2D eigenvalue weighted by Gasteiger charge is 1.96. The Labute approximate surface area is 73.8 Å². The normalized spacial score (nSPS) is 9.58. The van der Waals surface area contributed by atoms with E-state index < -0.39 is 0 Å². The Kier molecular flexibility index (Phi) is 2.97. The van der Waals surface area contributed by atoms with Gasteiger partial charge in [-0.05, 0) is 19.1 Å². The van der Waals surface area contributed by atoms with Crippen LogP contribution in [0.25, 0.3) is 0 Å². The molecule has 0 spiro atoms. The lowest BCUT2D eigenvalue weighted by atomic mass is 10.3. The highest BCUT2D eigenvalue weighted by Crippen LogP contribution is 2.18. The van der Waals surface area contributed by atoms with Gasteiger partial charge in [0.2, 0.25) is 0 Å². The van der Waals surface area contributed by atoms with Gasteiger partial charge in [-0.1, -0.05) is 6.07 Å². The first-order chi connectivity index (χ1) is 5.74. The predicted molar refractivity (Wildman–Crippen MR) is 51.9 cm³/mol. The van der Waals surface area contributed by atoms with Crippen molar-refractivity contribution in [2.45, 2.75) is 6.92 Å². The van der Waals surface area contributed by atoms with Crippen molar-refractivity contribution in [3.05, 3.63) is 24.3 Å². The molecule has 1 aromatic carbocycles. The molecule has 0 N–H and O–H groups in total. The number of benzene rings is 1. The number of anilines is 1. The molecule has 0 aliphatic carbocycles. The minimum absolute atomic E-state index is 0.719. The average molecular weight is 165 g/mol. The Bertz CT molecular complexity index is 245. The van der Waals surface area contributed by atoms with Gasteiger partial charge < -0.3 is 9.64 Å². The molecular formula is C10H15NO. The third kappa shape index (κ3) is 2.16. The van der Waals surface area contributed by atoms with Crippen LogP contribution in [0.4, 0.5) is 5.69 Å². The molecule has 2 heteroatoms. The van der Waals surface area contributed by atoms with E-state index in [0.29, 0.717) is 0 Å². The zero-order chi connectivity index (χ0) is 8.97. The minimum Gasteiger partial charge on any atom is -0.494 e. The van der Waals surface area contributed by atoms with E-state index in [0.717, 1.165) is 12.4 Å². The molecule has 1 rings (SSSR count). The molecule has 12 heavy (non-hydrogen) atoms. The molecule has 0 amide bonds. The van der Waals surface area contributed by atoms with Crippen LogP contribution in [-0.4, -0.2) is 20.7 Å². The van der Waals surface area contributed by atoms with Gasteiger partial charge in [0.15, 0.2) is 0 Å². The smallest absolute Gasteiger partial charge is 0.121 e. The first-order valence-electron chi connectivity index (χ1n) is 4.14. The van der Waals surface area contributed by atoms with Crippen LogP contribution < -0.4 is 9.64 Å². The van der Waals surface area contributed by atoms with Crippen molar-refractivity contribution in [2.75, 3.05) is 25.6 Å². The monoisotopic (exact) mass is 165 g/mol. The van der Waals surface area contributed by atoms with Gasteiger partial charge in [0.1, 0.15) is 5.75 Å². The van der Waals surface area contributed by atoms with E-state index in [9.17, 15) is 0 Å². The number of rotatable bonds is 3. The SMILES string of the molecule is CCOc1cccc(N(C)C)c1. The van der Waals surface area contributed by atoms with E-state index >= 15 is 0 Å². The van der Waals surface area contributed by atoms with Crippen molar-refractivity contribution in [3.63, 3.8) is 0 Å².